The van der Waals surface area contributed by atoms with E-state index in [1.54, 1.807) is 17.6 Å². The number of carbonyl (C=O) groups excluding carboxylic acids is 2. The molecule has 0 aliphatic carbocycles. The van der Waals surface area contributed by atoms with Gasteiger partial charge in [-0.05, 0) is 61.6 Å². The molecule has 0 radical (unpaired) electrons. The molecule has 1 aromatic carbocycles. The van der Waals surface area contributed by atoms with Gasteiger partial charge in [-0.2, -0.15) is 0 Å². The van der Waals surface area contributed by atoms with Crippen molar-refractivity contribution >= 4 is 28.8 Å². The fraction of sp³-hybridized carbons (Fsp3) is 0.385. The van der Waals surface area contributed by atoms with Gasteiger partial charge in [0.2, 0.25) is 11.8 Å². The van der Waals surface area contributed by atoms with Gasteiger partial charge in [-0.1, -0.05) is 6.07 Å². The van der Waals surface area contributed by atoms with E-state index in [1.165, 1.54) is 0 Å². The lowest BCUT2D eigenvalue weighted by atomic mass is 9.96. The molecule has 0 spiro atoms. The lowest BCUT2D eigenvalue weighted by Gasteiger charge is -2.33. The topological polar surface area (TPSA) is 84.3 Å². The Morgan fingerprint density at radius 3 is 2.63 bits per heavy atom. The van der Waals surface area contributed by atoms with E-state index >= 15 is 0 Å². The average Bonchev–Trinajstić information content (AvgIpc) is 3.60. The van der Waals surface area contributed by atoms with Crippen molar-refractivity contribution < 1.29 is 23.5 Å². The van der Waals surface area contributed by atoms with Crippen LogP contribution in [0.15, 0.2) is 58.5 Å². The molecule has 0 saturated carbocycles. The minimum atomic E-state index is -0.0451. The Hall–Kier alpha value is -3.30. The van der Waals surface area contributed by atoms with E-state index in [2.05, 4.69) is 10.2 Å². The number of thiophene rings is 1. The minimum absolute atomic E-state index is 0.0239. The van der Waals surface area contributed by atoms with Gasteiger partial charge < -0.3 is 24.1 Å². The van der Waals surface area contributed by atoms with E-state index in [1.807, 2.05) is 52.7 Å². The predicted octanol–water partition coefficient (Wildman–Crippen LogP) is 3.67. The van der Waals surface area contributed by atoms with E-state index in [0.717, 1.165) is 29.2 Å². The number of furan rings is 1. The van der Waals surface area contributed by atoms with Crippen LogP contribution in [0.5, 0.6) is 11.5 Å². The lowest BCUT2D eigenvalue weighted by molar-refractivity contribution is -0.127. The van der Waals surface area contributed by atoms with Crippen molar-refractivity contribution in [3.63, 3.8) is 0 Å². The summed E-state index contributed by atoms with van der Waals surface area (Å²) in [5, 5.41) is 4.97. The van der Waals surface area contributed by atoms with E-state index in [-0.39, 0.29) is 17.7 Å². The van der Waals surface area contributed by atoms with Crippen molar-refractivity contribution in [2.75, 3.05) is 37.7 Å². The second-order valence-electron chi connectivity index (χ2n) is 8.73. The Morgan fingerprint density at radius 1 is 1.06 bits per heavy atom. The largest absolute Gasteiger partial charge is 0.486 e. The highest BCUT2D eigenvalue weighted by atomic mass is 32.1. The Balaban J connectivity index is 1.19. The number of likely N-dealkylation sites (tertiary alicyclic amines) is 1. The van der Waals surface area contributed by atoms with Crippen LogP contribution >= 0.6 is 11.3 Å². The van der Waals surface area contributed by atoms with Crippen LogP contribution in [0.2, 0.25) is 0 Å². The van der Waals surface area contributed by atoms with Crippen molar-refractivity contribution in [3.05, 3.63) is 64.7 Å². The number of ether oxygens (including phenoxy) is 2. The number of nitrogens with one attached hydrogen (secondary N) is 1. The van der Waals surface area contributed by atoms with Crippen molar-refractivity contribution in [2.45, 2.75) is 25.9 Å². The molecule has 1 fully saturated rings. The first-order valence-electron chi connectivity index (χ1n) is 11.9. The molecular formula is C26H29N3O5S. The van der Waals surface area contributed by atoms with Crippen LogP contribution in [0.4, 0.5) is 5.69 Å². The van der Waals surface area contributed by atoms with Crippen molar-refractivity contribution in [3.8, 4) is 11.5 Å². The fourth-order valence-electron chi connectivity index (χ4n) is 4.44. The SMILES string of the molecule is O=C(NCc1ccco1)C1CCN(CC(=O)N(Cc2cccs2)c2ccc3c(c2)OCCO3)CC1. The van der Waals surface area contributed by atoms with Gasteiger partial charge in [-0.25, -0.2) is 0 Å². The first-order valence-corrected chi connectivity index (χ1v) is 12.8. The maximum Gasteiger partial charge on any atom is 0.241 e. The molecule has 0 unspecified atom stereocenters. The van der Waals surface area contributed by atoms with Crippen LogP contribution < -0.4 is 19.7 Å². The van der Waals surface area contributed by atoms with Gasteiger partial charge in [0.25, 0.3) is 0 Å². The third-order valence-electron chi connectivity index (χ3n) is 6.37. The number of hydrogen-bond acceptors (Lipinski definition) is 7. The first-order chi connectivity index (χ1) is 17.2. The maximum atomic E-state index is 13.5. The van der Waals surface area contributed by atoms with Crippen LogP contribution in [-0.2, 0) is 22.7 Å². The van der Waals surface area contributed by atoms with Crippen molar-refractivity contribution in [1.29, 1.82) is 0 Å². The van der Waals surface area contributed by atoms with Crippen LogP contribution in [0.1, 0.15) is 23.5 Å². The standard InChI is InChI=1S/C26H29N3O5S/c30-25(18-28-9-7-19(8-10-28)26(31)27-16-21-3-1-11-32-21)29(17-22-4-2-14-35-22)20-5-6-23-24(15-20)34-13-12-33-23/h1-6,11,14-15,19H,7-10,12-13,16-18H2,(H,27,31). The Morgan fingerprint density at radius 2 is 1.89 bits per heavy atom. The molecule has 9 heteroatoms. The second kappa shape index (κ2) is 11.0. The maximum absolute atomic E-state index is 13.5. The molecule has 4 heterocycles. The summed E-state index contributed by atoms with van der Waals surface area (Å²) in [5.74, 6) is 2.14. The highest BCUT2D eigenvalue weighted by Gasteiger charge is 2.28. The quantitative estimate of drug-likeness (QED) is 0.513. The third-order valence-corrected chi connectivity index (χ3v) is 7.23. The molecule has 184 valence electrons. The fourth-order valence-corrected chi connectivity index (χ4v) is 5.14. The zero-order valence-corrected chi connectivity index (χ0v) is 20.3. The minimum Gasteiger partial charge on any atom is -0.486 e. The van der Waals surface area contributed by atoms with E-state index < -0.39 is 0 Å². The third kappa shape index (κ3) is 5.86. The molecule has 1 saturated heterocycles. The van der Waals surface area contributed by atoms with Crippen LogP contribution in [0, 0.1) is 5.92 Å². The van der Waals surface area contributed by atoms with Crippen molar-refractivity contribution in [1.82, 2.24) is 10.2 Å². The van der Waals surface area contributed by atoms with Gasteiger partial charge in [0.05, 0.1) is 25.9 Å². The molecule has 2 aliphatic heterocycles. The zero-order chi connectivity index (χ0) is 24.0. The van der Waals surface area contributed by atoms with E-state index in [4.69, 9.17) is 13.9 Å². The lowest BCUT2D eigenvalue weighted by Crippen LogP contribution is -2.45. The monoisotopic (exact) mass is 495 g/mol. The Kier molecular flexibility index (Phi) is 7.34. The van der Waals surface area contributed by atoms with Gasteiger partial charge in [-0.15, -0.1) is 11.3 Å². The van der Waals surface area contributed by atoms with E-state index in [0.29, 0.717) is 57.4 Å². The van der Waals surface area contributed by atoms with Gasteiger partial charge >= 0.3 is 0 Å². The second-order valence-corrected chi connectivity index (χ2v) is 9.77. The summed E-state index contributed by atoms with van der Waals surface area (Å²) in [6.07, 6.45) is 3.06. The molecule has 2 aromatic heterocycles. The summed E-state index contributed by atoms with van der Waals surface area (Å²) in [6.45, 7) is 3.65. The van der Waals surface area contributed by atoms with Gasteiger partial charge in [0.1, 0.15) is 19.0 Å². The molecule has 0 bridgehead atoms. The Bertz CT molecular complexity index is 1120. The number of anilines is 1. The highest BCUT2D eigenvalue weighted by molar-refractivity contribution is 7.09. The number of fused-ring (bicyclic) bond motifs is 1. The Labute approximate surface area is 208 Å². The molecule has 0 atom stereocenters. The predicted molar refractivity (Wildman–Crippen MR) is 133 cm³/mol. The van der Waals surface area contributed by atoms with Gasteiger partial charge in [0.15, 0.2) is 11.5 Å². The van der Waals surface area contributed by atoms with Gasteiger partial charge in [0, 0.05) is 22.5 Å². The molecular weight excluding hydrogens is 466 g/mol. The number of nitrogens with zero attached hydrogens (tertiary/aromatic N) is 2. The number of benzene rings is 1. The number of amides is 2. The summed E-state index contributed by atoms with van der Waals surface area (Å²) in [6, 6.07) is 13.3. The zero-order valence-electron chi connectivity index (χ0n) is 19.5. The highest BCUT2D eigenvalue weighted by Crippen LogP contribution is 2.35. The first kappa shape index (κ1) is 23.4. The smallest absolute Gasteiger partial charge is 0.241 e. The molecule has 35 heavy (non-hydrogen) atoms. The molecule has 2 aliphatic rings. The summed E-state index contributed by atoms with van der Waals surface area (Å²) in [4.78, 5) is 31.1. The number of piperidine rings is 1. The molecule has 2 amide bonds. The molecule has 5 rings (SSSR count). The van der Waals surface area contributed by atoms with Crippen LogP contribution in [0.25, 0.3) is 0 Å². The summed E-state index contributed by atoms with van der Waals surface area (Å²) in [7, 11) is 0. The number of hydrogen-bond donors (Lipinski definition) is 1. The molecule has 3 aromatic rings. The average molecular weight is 496 g/mol. The summed E-state index contributed by atoms with van der Waals surface area (Å²) in [5.41, 5.74) is 0.792. The van der Waals surface area contributed by atoms with Gasteiger partial charge in [-0.3, -0.25) is 14.5 Å². The normalized spacial score (nSPS) is 16.1. The molecule has 8 nitrogen and oxygen atoms in total. The van der Waals surface area contributed by atoms with Crippen LogP contribution in [0.3, 0.4) is 0 Å². The van der Waals surface area contributed by atoms with E-state index in [9.17, 15) is 9.59 Å². The number of rotatable bonds is 8. The van der Waals surface area contributed by atoms with Crippen molar-refractivity contribution in [2.24, 2.45) is 5.92 Å². The summed E-state index contributed by atoms with van der Waals surface area (Å²) >= 11 is 1.63. The van der Waals surface area contributed by atoms with Crippen LogP contribution in [-0.4, -0.2) is 49.6 Å². The molecule has 1 N–H and O–H groups in total. The summed E-state index contributed by atoms with van der Waals surface area (Å²) < 4.78 is 16.7. The number of carbonyl (C=O) groups is 2.